The molecule has 0 aliphatic heterocycles. The topological polar surface area (TPSA) is 9.23 Å². The van der Waals surface area contributed by atoms with Crippen LogP contribution >= 0.6 is 0 Å². The maximum absolute atomic E-state index is 13.9. The van der Waals surface area contributed by atoms with Gasteiger partial charge in [-0.15, -0.1) is 0 Å². The number of hydrogen-bond acceptors (Lipinski definition) is 1. The Hall–Kier alpha value is -1.26. The lowest BCUT2D eigenvalue weighted by Gasteiger charge is -2.34. The first-order valence-corrected chi connectivity index (χ1v) is 10.9. The molecule has 0 spiro atoms. The molecular formula is C23H34F4O. The van der Waals surface area contributed by atoms with E-state index in [1.165, 1.54) is 57.8 Å². The second-order valence-electron chi connectivity index (χ2n) is 8.28. The van der Waals surface area contributed by atoms with E-state index in [-0.39, 0.29) is 0 Å². The molecular weight excluding hydrogens is 368 g/mol. The second-order valence-corrected chi connectivity index (χ2v) is 8.28. The minimum atomic E-state index is -3.24. The number of alkyl halides is 2. The Morgan fingerprint density at radius 3 is 2.14 bits per heavy atom. The molecule has 0 radical (unpaired) electrons. The van der Waals surface area contributed by atoms with Crippen LogP contribution in [0.15, 0.2) is 12.1 Å². The largest absolute Gasteiger partial charge is 0.429 e. The zero-order chi connectivity index (χ0) is 20.5. The first kappa shape index (κ1) is 23.0. The predicted molar refractivity (Wildman–Crippen MR) is 105 cm³/mol. The van der Waals surface area contributed by atoms with Crippen molar-refractivity contribution in [2.45, 2.75) is 91.1 Å². The zero-order valence-electron chi connectivity index (χ0n) is 17.2. The number of rotatable bonds is 11. The van der Waals surface area contributed by atoms with Crippen molar-refractivity contribution < 1.29 is 22.3 Å². The highest BCUT2D eigenvalue weighted by molar-refractivity contribution is 5.31. The third-order valence-corrected chi connectivity index (χ3v) is 6.25. The van der Waals surface area contributed by atoms with Crippen molar-refractivity contribution in [3.63, 3.8) is 0 Å². The summed E-state index contributed by atoms with van der Waals surface area (Å²) in [7, 11) is 0. The molecule has 1 aliphatic carbocycles. The van der Waals surface area contributed by atoms with Gasteiger partial charge >= 0.3 is 6.61 Å². The van der Waals surface area contributed by atoms with Crippen LogP contribution in [0.1, 0.15) is 83.6 Å². The molecule has 160 valence electrons. The van der Waals surface area contributed by atoms with Gasteiger partial charge in [0.15, 0.2) is 17.4 Å². The van der Waals surface area contributed by atoms with Crippen LogP contribution in [-0.2, 0) is 6.42 Å². The first-order valence-electron chi connectivity index (χ1n) is 10.9. The molecule has 0 heterocycles. The molecule has 2 rings (SSSR count). The SMILES string of the molecule is CCCCC(CCC)C1CCC(CCc2cc(F)c(OC(F)F)c(F)c2)CC1. The third-order valence-electron chi connectivity index (χ3n) is 6.25. The van der Waals surface area contributed by atoms with Gasteiger partial charge in [-0.3, -0.25) is 0 Å². The highest BCUT2D eigenvalue weighted by atomic mass is 19.3. The van der Waals surface area contributed by atoms with Crippen LogP contribution in [-0.4, -0.2) is 6.61 Å². The van der Waals surface area contributed by atoms with Crippen molar-refractivity contribution in [1.29, 1.82) is 0 Å². The van der Waals surface area contributed by atoms with E-state index >= 15 is 0 Å². The molecule has 1 unspecified atom stereocenters. The van der Waals surface area contributed by atoms with Crippen molar-refractivity contribution >= 4 is 0 Å². The number of unbranched alkanes of at least 4 members (excludes halogenated alkanes) is 1. The Bertz CT molecular complexity index is 559. The summed E-state index contributed by atoms with van der Waals surface area (Å²) in [5, 5.41) is 0. The lowest BCUT2D eigenvalue weighted by atomic mass is 9.72. The normalized spacial score (nSPS) is 21.1. The monoisotopic (exact) mass is 402 g/mol. The molecule has 1 nitrogen and oxygen atoms in total. The van der Waals surface area contributed by atoms with Crippen molar-refractivity contribution in [3.8, 4) is 5.75 Å². The minimum Gasteiger partial charge on any atom is -0.429 e. The van der Waals surface area contributed by atoms with Gasteiger partial charge in [-0.05, 0) is 61.1 Å². The van der Waals surface area contributed by atoms with Gasteiger partial charge in [0.25, 0.3) is 0 Å². The molecule has 1 atom stereocenters. The third kappa shape index (κ3) is 6.97. The molecule has 1 aromatic rings. The molecule has 1 fully saturated rings. The molecule has 28 heavy (non-hydrogen) atoms. The van der Waals surface area contributed by atoms with Crippen LogP contribution in [0.2, 0.25) is 0 Å². The van der Waals surface area contributed by atoms with E-state index in [4.69, 9.17) is 0 Å². The molecule has 1 aliphatic rings. The fraction of sp³-hybridized carbons (Fsp3) is 0.739. The number of ether oxygens (including phenoxy) is 1. The zero-order valence-corrected chi connectivity index (χ0v) is 17.2. The fourth-order valence-corrected chi connectivity index (χ4v) is 4.73. The van der Waals surface area contributed by atoms with Gasteiger partial charge in [0.05, 0.1) is 0 Å². The molecule has 5 heteroatoms. The molecule has 0 saturated heterocycles. The van der Waals surface area contributed by atoms with E-state index in [1.54, 1.807) is 0 Å². The van der Waals surface area contributed by atoms with Gasteiger partial charge in [-0.25, -0.2) is 8.78 Å². The molecule has 0 amide bonds. The van der Waals surface area contributed by atoms with E-state index in [9.17, 15) is 17.6 Å². The van der Waals surface area contributed by atoms with Crippen LogP contribution in [0.25, 0.3) is 0 Å². The Morgan fingerprint density at radius 2 is 1.61 bits per heavy atom. The van der Waals surface area contributed by atoms with E-state index < -0.39 is 24.0 Å². The van der Waals surface area contributed by atoms with Crippen molar-refractivity contribution in [3.05, 3.63) is 29.3 Å². The Balaban J connectivity index is 1.83. The second kappa shape index (κ2) is 11.7. The number of benzene rings is 1. The van der Waals surface area contributed by atoms with Gasteiger partial charge in [0, 0.05) is 0 Å². The quantitative estimate of drug-likeness (QED) is 0.342. The summed E-state index contributed by atoms with van der Waals surface area (Å²) in [6, 6.07) is 2.24. The number of aryl methyl sites for hydroxylation is 1. The lowest BCUT2D eigenvalue weighted by molar-refractivity contribution is -0.0546. The van der Waals surface area contributed by atoms with Crippen LogP contribution in [0.3, 0.4) is 0 Å². The van der Waals surface area contributed by atoms with Gasteiger partial charge in [0.2, 0.25) is 0 Å². The first-order chi connectivity index (χ1) is 13.4. The molecule has 0 bridgehead atoms. The summed E-state index contributed by atoms with van der Waals surface area (Å²) >= 11 is 0. The summed E-state index contributed by atoms with van der Waals surface area (Å²) in [5.41, 5.74) is 0.505. The van der Waals surface area contributed by atoms with Crippen molar-refractivity contribution in [2.24, 2.45) is 17.8 Å². The Kier molecular flexibility index (Phi) is 9.60. The lowest BCUT2D eigenvalue weighted by Crippen LogP contribution is -2.22. The van der Waals surface area contributed by atoms with Crippen LogP contribution in [0, 0.1) is 29.4 Å². The van der Waals surface area contributed by atoms with Crippen LogP contribution < -0.4 is 4.74 Å². The van der Waals surface area contributed by atoms with Crippen molar-refractivity contribution in [1.82, 2.24) is 0 Å². The van der Waals surface area contributed by atoms with E-state index in [0.717, 1.165) is 30.4 Å². The van der Waals surface area contributed by atoms with Crippen molar-refractivity contribution in [2.75, 3.05) is 0 Å². The molecule has 1 aromatic carbocycles. The van der Waals surface area contributed by atoms with Gasteiger partial charge in [-0.1, -0.05) is 58.8 Å². The maximum Gasteiger partial charge on any atom is 0.387 e. The summed E-state index contributed by atoms with van der Waals surface area (Å²) in [4.78, 5) is 0. The van der Waals surface area contributed by atoms with Crippen LogP contribution in [0.4, 0.5) is 17.6 Å². The van der Waals surface area contributed by atoms with E-state index in [0.29, 0.717) is 17.9 Å². The fourth-order valence-electron chi connectivity index (χ4n) is 4.73. The Morgan fingerprint density at radius 1 is 0.964 bits per heavy atom. The Labute approximate surface area is 166 Å². The predicted octanol–water partition coefficient (Wildman–Crippen LogP) is 7.91. The van der Waals surface area contributed by atoms with E-state index in [2.05, 4.69) is 18.6 Å². The smallest absolute Gasteiger partial charge is 0.387 e. The molecule has 0 N–H and O–H groups in total. The molecule has 0 aromatic heterocycles. The van der Waals surface area contributed by atoms with E-state index in [1.807, 2.05) is 0 Å². The summed E-state index contributed by atoms with van der Waals surface area (Å²) in [6.07, 6.45) is 12.8. The number of hydrogen-bond donors (Lipinski definition) is 0. The highest BCUT2D eigenvalue weighted by Crippen LogP contribution is 2.39. The summed E-state index contributed by atoms with van der Waals surface area (Å²) in [6.45, 7) is 1.27. The molecule has 1 saturated carbocycles. The minimum absolute atomic E-state index is 0.505. The van der Waals surface area contributed by atoms with Gasteiger partial charge in [-0.2, -0.15) is 8.78 Å². The average molecular weight is 403 g/mol. The summed E-state index contributed by atoms with van der Waals surface area (Å²) in [5.74, 6) is -0.865. The highest BCUT2D eigenvalue weighted by Gasteiger charge is 2.27. The van der Waals surface area contributed by atoms with Gasteiger partial charge in [0.1, 0.15) is 0 Å². The van der Waals surface area contributed by atoms with Crippen LogP contribution in [0.5, 0.6) is 5.75 Å². The van der Waals surface area contributed by atoms with Gasteiger partial charge < -0.3 is 4.74 Å². The summed E-state index contributed by atoms with van der Waals surface area (Å²) < 4.78 is 56.1. The number of halogens is 4. The standard InChI is InChI=1S/C23H34F4O/c1-3-5-7-18(6-4-2)19-12-10-16(11-13-19)8-9-17-14-20(24)22(21(25)15-17)28-23(26)27/h14-16,18-19,23H,3-13H2,1-2H3. The maximum atomic E-state index is 13.9. The average Bonchev–Trinajstić information content (AvgIpc) is 2.66.